The highest BCUT2D eigenvalue weighted by molar-refractivity contribution is 7.19. The lowest BCUT2D eigenvalue weighted by molar-refractivity contribution is -0.159. The molecule has 18 heteroatoms. The van der Waals surface area contributed by atoms with Gasteiger partial charge in [0.2, 0.25) is 0 Å². The van der Waals surface area contributed by atoms with Crippen molar-refractivity contribution in [3.8, 4) is 11.5 Å². The van der Waals surface area contributed by atoms with E-state index in [-0.39, 0.29) is 0 Å². The number of likely N-dealkylation sites (tertiary alicyclic amines) is 2. The number of aliphatic hydroxyl groups excluding tert-OH is 2. The molecule has 0 unspecified atom stereocenters. The Morgan fingerprint density at radius 1 is 0.568 bits per heavy atom. The van der Waals surface area contributed by atoms with Crippen LogP contribution >= 0.6 is 22.7 Å². The van der Waals surface area contributed by atoms with E-state index in [9.17, 15) is 10.2 Å². The summed E-state index contributed by atoms with van der Waals surface area (Å²) in [6, 6.07) is 34.9. The molecule has 0 bridgehead atoms. The van der Waals surface area contributed by atoms with Crippen molar-refractivity contribution >= 4 is 88.5 Å². The van der Waals surface area contributed by atoms with E-state index in [1.54, 1.807) is 0 Å². The molecule has 0 radical (unpaired) electrons. The summed E-state index contributed by atoms with van der Waals surface area (Å²) in [7, 11) is 0. The quantitative estimate of drug-likeness (QED) is 0.0531. The number of nitrogens with one attached hydrogen (secondary N) is 2. The molecule has 6 atom stereocenters. The first-order valence-electron chi connectivity index (χ1n) is 24.6. The van der Waals surface area contributed by atoms with Crippen molar-refractivity contribution in [2.75, 3.05) is 39.4 Å². The highest BCUT2D eigenvalue weighted by Gasteiger charge is 2.30. The van der Waals surface area contributed by atoms with Crippen LogP contribution in [0.15, 0.2) is 109 Å². The van der Waals surface area contributed by atoms with Crippen LogP contribution in [0.2, 0.25) is 0 Å². The largest absolute Gasteiger partial charge is 0.490 e. The van der Waals surface area contributed by atoms with Crippen LogP contribution in [0.3, 0.4) is 0 Å². The summed E-state index contributed by atoms with van der Waals surface area (Å²) in [5.41, 5.74) is 4.84. The van der Waals surface area contributed by atoms with Crippen molar-refractivity contribution in [1.82, 2.24) is 19.8 Å². The van der Waals surface area contributed by atoms with Crippen LogP contribution in [-0.2, 0) is 19.2 Å². The second kappa shape index (κ2) is 25.4. The number of nitrogens with zero attached hydrogens (tertiary/aromatic N) is 2. The third kappa shape index (κ3) is 14.3. The number of piperidine rings is 2. The Morgan fingerprint density at radius 2 is 0.946 bits per heavy atom. The molecule has 392 valence electrons. The maximum Gasteiger partial charge on any atom is 0.414 e. The van der Waals surface area contributed by atoms with E-state index in [1.807, 2.05) is 83.6 Å². The van der Waals surface area contributed by atoms with E-state index in [0.29, 0.717) is 50.2 Å². The number of carbonyl (C=O) groups is 4. The van der Waals surface area contributed by atoms with E-state index in [4.69, 9.17) is 49.1 Å². The summed E-state index contributed by atoms with van der Waals surface area (Å²) in [6.45, 7) is 12.9. The SMILES string of the molecule is Cc1cccc2sc([C@@H]3CCN(C[C@H](O)COc4cccc5[nH]ccc45)[C@@H](C)C3)cc12.Cc1cccc2sc([C@H]3CCN(C[C@H](O)COc4cccc5[nH]ccc45)[C@H](C)C3)cc12.O=C(O)C(=O)O.O=C(O)C(=O)O. The van der Waals surface area contributed by atoms with Gasteiger partial charge in [-0.05, 0) is 161 Å². The zero-order valence-corrected chi connectivity index (χ0v) is 43.4. The average Bonchev–Trinajstić information content (AvgIpc) is 4.22. The van der Waals surface area contributed by atoms with Crippen LogP contribution < -0.4 is 9.47 Å². The monoisotopic (exact) mass is 1050 g/mol. The molecule has 4 aromatic carbocycles. The van der Waals surface area contributed by atoms with E-state index in [0.717, 1.165) is 72.1 Å². The van der Waals surface area contributed by atoms with Gasteiger partial charge in [0.1, 0.15) is 36.9 Å². The number of hydrogen-bond donors (Lipinski definition) is 8. The minimum atomic E-state index is -1.82. The van der Waals surface area contributed by atoms with Crippen molar-refractivity contribution in [1.29, 1.82) is 0 Å². The number of aliphatic hydroxyl groups is 2. The number of aromatic nitrogens is 2. The van der Waals surface area contributed by atoms with E-state index >= 15 is 0 Å². The second-order valence-corrected chi connectivity index (χ2v) is 21.2. The minimum Gasteiger partial charge on any atom is -0.490 e. The molecule has 6 heterocycles. The van der Waals surface area contributed by atoms with Gasteiger partial charge in [-0.25, -0.2) is 19.2 Å². The summed E-state index contributed by atoms with van der Waals surface area (Å²) in [4.78, 5) is 50.7. The third-order valence-corrected chi connectivity index (χ3v) is 16.2. The molecule has 0 saturated carbocycles. The zero-order chi connectivity index (χ0) is 53.1. The van der Waals surface area contributed by atoms with Gasteiger partial charge in [0.25, 0.3) is 0 Å². The standard InChI is InChI=1S/2C26H30N2O2S.2C2H2O4/c2*1-17-5-3-8-25-22(17)14-26(31-25)19-10-12-28(18(2)13-19)15-20(29)16-30-24-7-4-6-23-21(24)9-11-27-23;2*3-1(4)2(5)6/h2*3-9,11,14,18-20,27,29H,10,12-13,15-16H2,1-2H3;2*(H,3,4)(H,5,6)/t18-,19+,20+;18-,19+,20-;;/m10../s1. The van der Waals surface area contributed by atoms with Gasteiger partial charge in [0.05, 0.1) is 0 Å². The molecule has 74 heavy (non-hydrogen) atoms. The predicted octanol–water partition coefficient (Wildman–Crippen LogP) is 9.71. The van der Waals surface area contributed by atoms with Gasteiger partial charge in [-0.3, -0.25) is 9.80 Å². The van der Waals surface area contributed by atoms with Crippen LogP contribution in [0, 0.1) is 13.8 Å². The van der Waals surface area contributed by atoms with Crippen molar-refractivity contribution in [3.63, 3.8) is 0 Å². The predicted molar refractivity (Wildman–Crippen MR) is 289 cm³/mol. The molecule has 2 aliphatic heterocycles. The van der Waals surface area contributed by atoms with Gasteiger partial charge in [-0.1, -0.05) is 36.4 Å². The molecular formula is C56H64N4O12S2. The first-order valence-corrected chi connectivity index (χ1v) is 26.2. The molecule has 16 nitrogen and oxygen atoms in total. The molecule has 2 saturated heterocycles. The fourth-order valence-corrected chi connectivity index (χ4v) is 12.3. The van der Waals surface area contributed by atoms with Gasteiger partial charge in [-0.15, -0.1) is 22.7 Å². The summed E-state index contributed by atoms with van der Waals surface area (Å²) in [5.74, 6) is -4.42. The lowest BCUT2D eigenvalue weighted by atomic mass is 9.90. The summed E-state index contributed by atoms with van der Waals surface area (Å²) < 4.78 is 14.7. The molecule has 0 amide bonds. The van der Waals surface area contributed by atoms with Gasteiger partial charge in [0.15, 0.2) is 0 Å². The first kappa shape index (κ1) is 55.0. The van der Waals surface area contributed by atoms with Crippen molar-refractivity contribution in [2.45, 2.75) is 89.5 Å². The van der Waals surface area contributed by atoms with Crippen molar-refractivity contribution < 1.29 is 59.3 Å². The highest BCUT2D eigenvalue weighted by Crippen LogP contribution is 2.41. The molecule has 4 aromatic heterocycles. The molecule has 10 rings (SSSR count). The maximum atomic E-state index is 10.6. The van der Waals surface area contributed by atoms with E-state index in [2.05, 4.69) is 96.0 Å². The number of aromatic amines is 2. The number of fused-ring (bicyclic) bond motifs is 4. The Balaban J connectivity index is 0.000000177. The van der Waals surface area contributed by atoms with Crippen molar-refractivity contribution in [3.05, 3.63) is 130 Å². The Bertz CT molecular complexity index is 2950. The number of hydrogen-bond acceptors (Lipinski definition) is 12. The number of ether oxygens (including phenoxy) is 2. The molecule has 0 aliphatic carbocycles. The number of benzene rings is 4. The molecule has 8 N–H and O–H groups in total. The zero-order valence-electron chi connectivity index (χ0n) is 41.8. The van der Waals surface area contributed by atoms with Gasteiger partial charge in [0, 0.05) is 78.5 Å². The summed E-state index contributed by atoms with van der Waals surface area (Å²) in [6.07, 6.45) is 7.40. The fraction of sp³-hybridized carbons (Fsp3) is 0.357. The van der Waals surface area contributed by atoms with E-state index < -0.39 is 36.1 Å². The van der Waals surface area contributed by atoms with Crippen LogP contribution in [0.1, 0.15) is 72.2 Å². The minimum absolute atomic E-state index is 0.312. The maximum absolute atomic E-state index is 10.6. The van der Waals surface area contributed by atoms with Crippen LogP contribution in [0.25, 0.3) is 42.0 Å². The average molecular weight is 1050 g/mol. The number of carboxylic acid groups (broad SMARTS) is 4. The number of β-amino-alcohol motifs (C(OH)–C–C–N with tert-alkyl or cyclic N) is 2. The molecule has 2 fully saturated rings. The van der Waals surface area contributed by atoms with Gasteiger partial charge >= 0.3 is 23.9 Å². The lowest BCUT2D eigenvalue weighted by Crippen LogP contribution is -2.45. The van der Waals surface area contributed by atoms with Crippen LogP contribution in [0.4, 0.5) is 0 Å². The number of aryl methyl sites for hydroxylation is 2. The number of thiophene rings is 2. The number of H-pyrrole nitrogens is 2. The van der Waals surface area contributed by atoms with Gasteiger partial charge < -0.3 is 50.1 Å². The molecule has 2 aliphatic rings. The Hall–Kier alpha value is -6.80. The van der Waals surface area contributed by atoms with Crippen LogP contribution in [0.5, 0.6) is 11.5 Å². The lowest BCUT2D eigenvalue weighted by Gasteiger charge is -2.38. The molecule has 8 aromatic rings. The number of aliphatic carboxylic acids is 4. The normalized spacial score (nSPS) is 18.8. The first-order chi connectivity index (χ1) is 35.4. The number of carboxylic acids is 4. The Kier molecular flexibility index (Phi) is 18.9. The fourth-order valence-electron chi connectivity index (χ4n) is 9.74. The number of rotatable bonds is 12. The Labute approximate surface area is 436 Å². The van der Waals surface area contributed by atoms with Gasteiger partial charge in [-0.2, -0.15) is 0 Å². The van der Waals surface area contributed by atoms with Crippen LogP contribution in [-0.4, -0.2) is 138 Å². The highest BCUT2D eigenvalue weighted by atomic mass is 32.1. The molecular weight excluding hydrogens is 985 g/mol. The topological polar surface area (TPSA) is 246 Å². The summed E-state index contributed by atoms with van der Waals surface area (Å²) >= 11 is 3.90. The van der Waals surface area contributed by atoms with Crippen molar-refractivity contribution in [2.24, 2.45) is 0 Å². The second-order valence-electron chi connectivity index (χ2n) is 18.9. The molecule has 0 spiro atoms. The van der Waals surface area contributed by atoms with E-state index in [1.165, 1.54) is 41.1 Å². The third-order valence-electron chi connectivity index (χ3n) is 13.7. The Morgan fingerprint density at radius 3 is 1.30 bits per heavy atom. The smallest absolute Gasteiger partial charge is 0.414 e. The summed E-state index contributed by atoms with van der Waals surface area (Å²) in [5, 5.41) is 55.8.